The molecule has 1 unspecified atom stereocenters. The maximum atomic E-state index is 13.7. The SMILES string of the molecule is CC1(C)[C@@H]2[C@@H](C(=O)N[C@@H](C[C@@H]3CCNC3=O)C(=O)COC(F)(F)F)N(C(=O)C(O)c3ccc(F)c(F)c3)C[C@@H]21. The van der Waals surface area contributed by atoms with Crippen LogP contribution in [0.2, 0.25) is 0 Å². The molecule has 0 bridgehead atoms. The fourth-order valence-corrected chi connectivity index (χ4v) is 5.73. The van der Waals surface area contributed by atoms with E-state index in [0.717, 1.165) is 17.0 Å². The molecule has 6 atom stereocenters. The van der Waals surface area contributed by atoms with E-state index in [1.807, 2.05) is 13.8 Å². The molecule has 214 valence electrons. The number of aliphatic hydroxyl groups excluding tert-OH is 1. The summed E-state index contributed by atoms with van der Waals surface area (Å²) in [5, 5.41) is 15.6. The van der Waals surface area contributed by atoms with Gasteiger partial charge in [0.15, 0.2) is 23.5 Å². The number of ketones is 1. The standard InChI is InChI=1S/C25H28F5N3O6/c1-24(2)13-9-33(23(38)20(35)11-3-4-14(26)15(27)7-11)19(18(13)24)22(37)32-16(8-12-5-6-31-21(12)36)17(34)10-39-25(28,29)30/h3-4,7,12-13,16,18-20,35H,5-6,8-10H2,1-2H3,(H,31,36)(H,32,37)/t12-,13-,16-,18-,19-,20?/m0/s1. The van der Waals surface area contributed by atoms with E-state index in [9.17, 15) is 46.2 Å². The first-order valence-corrected chi connectivity index (χ1v) is 12.4. The third kappa shape index (κ3) is 5.91. The van der Waals surface area contributed by atoms with Gasteiger partial charge >= 0.3 is 6.36 Å². The largest absolute Gasteiger partial charge is 0.522 e. The van der Waals surface area contributed by atoms with Crippen LogP contribution in [-0.4, -0.2) is 71.7 Å². The lowest BCUT2D eigenvalue weighted by Crippen LogP contribution is -2.55. The number of fused-ring (bicyclic) bond motifs is 1. The molecule has 14 heteroatoms. The topological polar surface area (TPSA) is 125 Å². The lowest BCUT2D eigenvalue weighted by molar-refractivity contribution is -0.321. The Morgan fingerprint density at radius 1 is 1.23 bits per heavy atom. The first-order chi connectivity index (χ1) is 18.1. The number of likely N-dealkylation sites (tertiary alicyclic amines) is 1. The zero-order chi connectivity index (χ0) is 28.9. The molecule has 0 radical (unpaired) electrons. The Balaban J connectivity index is 1.54. The number of piperidine rings is 1. The van der Waals surface area contributed by atoms with Crippen LogP contribution in [0.15, 0.2) is 18.2 Å². The Morgan fingerprint density at radius 2 is 1.92 bits per heavy atom. The van der Waals surface area contributed by atoms with Crippen LogP contribution in [0.5, 0.6) is 0 Å². The second-order valence-corrected chi connectivity index (χ2v) is 10.7. The Morgan fingerprint density at radius 3 is 2.51 bits per heavy atom. The smallest absolute Gasteiger partial charge is 0.378 e. The van der Waals surface area contributed by atoms with E-state index < -0.39 is 83.5 Å². The van der Waals surface area contributed by atoms with Gasteiger partial charge in [-0.05, 0) is 47.8 Å². The highest BCUT2D eigenvalue weighted by atomic mass is 19.4. The Labute approximate surface area is 220 Å². The fourth-order valence-electron chi connectivity index (χ4n) is 5.73. The van der Waals surface area contributed by atoms with Gasteiger partial charge in [0, 0.05) is 19.0 Å². The highest BCUT2D eigenvalue weighted by molar-refractivity contribution is 5.95. The number of nitrogens with one attached hydrogen (secondary N) is 2. The second kappa shape index (κ2) is 10.5. The van der Waals surface area contributed by atoms with Crippen molar-refractivity contribution in [3.63, 3.8) is 0 Å². The number of nitrogens with zero attached hydrogens (tertiary/aromatic N) is 1. The molecule has 9 nitrogen and oxygen atoms in total. The van der Waals surface area contributed by atoms with Crippen molar-refractivity contribution >= 4 is 23.5 Å². The third-order valence-corrected chi connectivity index (χ3v) is 8.02. The summed E-state index contributed by atoms with van der Waals surface area (Å²) in [5.74, 6) is -7.05. The number of Topliss-reactive ketones (excluding diaryl/α,β-unsaturated/α-hetero) is 1. The van der Waals surface area contributed by atoms with Crippen LogP contribution < -0.4 is 10.6 Å². The molecule has 2 aliphatic heterocycles. The van der Waals surface area contributed by atoms with Crippen LogP contribution >= 0.6 is 0 Å². The van der Waals surface area contributed by atoms with E-state index in [-0.39, 0.29) is 24.4 Å². The molecule has 2 saturated heterocycles. The van der Waals surface area contributed by atoms with Gasteiger partial charge < -0.3 is 20.6 Å². The number of hydrogen-bond donors (Lipinski definition) is 3. The lowest BCUT2D eigenvalue weighted by Gasteiger charge is -2.32. The first kappa shape index (κ1) is 28.9. The summed E-state index contributed by atoms with van der Waals surface area (Å²) in [6.07, 6.45) is -6.97. The number of carbonyl (C=O) groups is 4. The predicted molar refractivity (Wildman–Crippen MR) is 122 cm³/mol. The maximum Gasteiger partial charge on any atom is 0.522 e. The van der Waals surface area contributed by atoms with Crippen LogP contribution in [-0.2, 0) is 23.9 Å². The molecule has 3 fully saturated rings. The van der Waals surface area contributed by atoms with E-state index >= 15 is 0 Å². The van der Waals surface area contributed by atoms with Crippen LogP contribution in [0.1, 0.15) is 38.4 Å². The monoisotopic (exact) mass is 561 g/mol. The second-order valence-electron chi connectivity index (χ2n) is 10.7. The number of rotatable bonds is 9. The minimum atomic E-state index is -5.09. The van der Waals surface area contributed by atoms with Crippen LogP contribution in [0, 0.1) is 34.8 Å². The molecule has 2 heterocycles. The van der Waals surface area contributed by atoms with Gasteiger partial charge in [-0.1, -0.05) is 19.9 Å². The van der Waals surface area contributed by atoms with Gasteiger partial charge in [-0.25, -0.2) is 8.78 Å². The van der Waals surface area contributed by atoms with E-state index in [1.54, 1.807) is 0 Å². The summed E-state index contributed by atoms with van der Waals surface area (Å²) in [7, 11) is 0. The van der Waals surface area contributed by atoms with Crippen molar-refractivity contribution < 1.29 is 51.0 Å². The third-order valence-electron chi connectivity index (χ3n) is 8.02. The normalized spacial score (nSPS) is 27.0. The van der Waals surface area contributed by atoms with Gasteiger partial charge in [-0.3, -0.25) is 23.9 Å². The molecule has 1 saturated carbocycles. The summed E-state index contributed by atoms with van der Waals surface area (Å²) in [6, 6.07) is -0.278. The van der Waals surface area contributed by atoms with Gasteiger partial charge in [0.05, 0.1) is 6.04 Å². The minimum absolute atomic E-state index is 0.0517. The number of aliphatic hydroxyl groups is 1. The highest BCUT2D eigenvalue weighted by Gasteiger charge is 2.69. The summed E-state index contributed by atoms with van der Waals surface area (Å²) in [6.45, 7) is 2.69. The average molecular weight is 562 g/mol. The molecular formula is C25H28F5N3O6. The molecule has 0 spiro atoms. The van der Waals surface area contributed by atoms with E-state index in [1.165, 1.54) is 0 Å². The number of hydrogen-bond acceptors (Lipinski definition) is 6. The predicted octanol–water partition coefficient (Wildman–Crippen LogP) is 1.60. The zero-order valence-electron chi connectivity index (χ0n) is 21.1. The molecule has 1 aromatic carbocycles. The first-order valence-electron chi connectivity index (χ1n) is 12.4. The molecular weight excluding hydrogens is 533 g/mol. The molecule has 3 N–H and O–H groups in total. The van der Waals surface area contributed by atoms with Crippen molar-refractivity contribution in [2.24, 2.45) is 23.2 Å². The Hall–Kier alpha value is -3.13. The fraction of sp³-hybridized carbons (Fsp3) is 0.600. The van der Waals surface area contributed by atoms with Crippen molar-refractivity contribution in [2.75, 3.05) is 19.7 Å². The molecule has 3 amide bonds. The van der Waals surface area contributed by atoms with Gasteiger partial charge in [0.2, 0.25) is 11.8 Å². The van der Waals surface area contributed by atoms with Gasteiger partial charge in [-0.2, -0.15) is 0 Å². The van der Waals surface area contributed by atoms with Crippen molar-refractivity contribution in [1.29, 1.82) is 0 Å². The van der Waals surface area contributed by atoms with E-state index in [4.69, 9.17) is 0 Å². The number of carbonyl (C=O) groups excluding carboxylic acids is 4. The van der Waals surface area contributed by atoms with Crippen LogP contribution in [0.3, 0.4) is 0 Å². The van der Waals surface area contributed by atoms with Crippen LogP contribution in [0.4, 0.5) is 22.0 Å². The molecule has 39 heavy (non-hydrogen) atoms. The van der Waals surface area contributed by atoms with Gasteiger partial charge in [-0.15, -0.1) is 13.2 Å². The Bertz CT molecular complexity index is 1180. The maximum absolute atomic E-state index is 13.7. The van der Waals surface area contributed by atoms with Crippen LogP contribution in [0.25, 0.3) is 0 Å². The van der Waals surface area contributed by atoms with Crippen molar-refractivity contribution in [3.8, 4) is 0 Å². The van der Waals surface area contributed by atoms with Crippen molar-refractivity contribution in [3.05, 3.63) is 35.4 Å². The summed E-state index contributed by atoms with van der Waals surface area (Å²) < 4.78 is 68.3. The number of benzene rings is 1. The lowest BCUT2D eigenvalue weighted by atomic mass is 9.94. The quantitative estimate of drug-likeness (QED) is 0.394. The highest BCUT2D eigenvalue weighted by Crippen LogP contribution is 2.65. The number of amides is 3. The summed E-state index contributed by atoms with van der Waals surface area (Å²) in [5.41, 5.74) is -0.627. The molecule has 0 aromatic heterocycles. The molecule has 3 aliphatic rings. The molecule has 4 rings (SSSR count). The van der Waals surface area contributed by atoms with E-state index in [2.05, 4.69) is 15.4 Å². The van der Waals surface area contributed by atoms with Gasteiger partial charge in [0.1, 0.15) is 12.6 Å². The number of ether oxygens (including phenoxy) is 1. The zero-order valence-corrected chi connectivity index (χ0v) is 21.1. The Kier molecular flexibility index (Phi) is 7.74. The summed E-state index contributed by atoms with van der Waals surface area (Å²) >= 11 is 0. The van der Waals surface area contributed by atoms with Crippen molar-refractivity contribution in [1.82, 2.24) is 15.5 Å². The average Bonchev–Trinajstić information content (AvgIpc) is 3.20. The minimum Gasteiger partial charge on any atom is -0.378 e. The molecule has 1 aromatic rings. The molecule has 1 aliphatic carbocycles. The number of halogens is 5. The van der Waals surface area contributed by atoms with E-state index in [0.29, 0.717) is 19.0 Å². The summed E-state index contributed by atoms with van der Waals surface area (Å²) in [4.78, 5) is 52.5. The number of alkyl halides is 3. The van der Waals surface area contributed by atoms with Crippen molar-refractivity contribution in [2.45, 2.75) is 51.2 Å². The van der Waals surface area contributed by atoms with Gasteiger partial charge in [0.25, 0.3) is 5.91 Å².